The van der Waals surface area contributed by atoms with Crippen molar-refractivity contribution in [2.24, 2.45) is 0 Å². The quantitative estimate of drug-likeness (QED) is 0.670. The van der Waals surface area contributed by atoms with Crippen LogP contribution in [0.1, 0.15) is 4.88 Å². The standard InChI is InChI=1S/C15H11N3O2S3/c19-13(17-10-3-1-5-16-8-10)9-18-14(20)12(23-15(18)21)7-11-4-2-6-22-11/h1-8H,9H2,(H,17,19)/b12-7-. The molecule has 0 atom stereocenters. The minimum absolute atomic E-state index is 0.110. The molecular formula is C15H11N3O2S3. The van der Waals surface area contributed by atoms with E-state index in [1.807, 2.05) is 17.5 Å². The van der Waals surface area contributed by atoms with Gasteiger partial charge in [-0.1, -0.05) is 30.0 Å². The van der Waals surface area contributed by atoms with Gasteiger partial charge in [0.2, 0.25) is 5.91 Å². The van der Waals surface area contributed by atoms with Crippen molar-refractivity contribution in [3.63, 3.8) is 0 Å². The summed E-state index contributed by atoms with van der Waals surface area (Å²) in [6, 6.07) is 7.29. The van der Waals surface area contributed by atoms with Gasteiger partial charge in [-0.25, -0.2) is 0 Å². The molecule has 0 unspecified atom stereocenters. The molecule has 0 spiro atoms. The molecule has 2 aromatic rings. The zero-order chi connectivity index (χ0) is 16.2. The van der Waals surface area contributed by atoms with Crippen LogP contribution < -0.4 is 5.32 Å². The summed E-state index contributed by atoms with van der Waals surface area (Å²) in [4.78, 5) is 31.2. The van der Waals surface area contributed by atoms with Gasteiger partial charge in [-0.15, -0.1) is 11.3 Å². The van der Waals surface area contributed by atoms with Crippen LogP contribution in [-0.2, 0) is 9.59 Å². The molecule has 0 saturated carbocycles. The van der Waals surface area contributed by atoms with Crippen molar-refractivity contribution in [2.45, 2.75) is 0 Å². The Morgan fingerprint density at radius 1 is 1.39 bits per heavy atom. The van der Waals surface area contributed by atoms with Crippen molar-refractivity contribution < 1.29 is 9.59 Å². The molecule has 1 aliphatic rings. The number of hydrogen-bond donors (Lipinski definition) is 1. The summed E-state index contributed by atoms with van der Waals surface area (Å²) in [6.45, 7) is -0.110. The third-order valence-electron chi connectivity index (χ3n) is 2.94. The van der Waals surface area contributed by atoms with Crippen LogP contribution in [-0.4, -0.2) is 32.6 Å². The molecular weight excluding hydrogens is 350 g/mol. The third-order valence-corrected chi connectivity index (χ3v) is 5.13. The first-order valence-electron chi connectivity index (χ1n) is 6.62. The summed E-state index contributed by atoms with van der Waals surface area (Å²) >= 11 is 7.96. The second kappa shape index (κ2) is 7.03. The van der Waals surface area contributed by atoms with Crippen molar-refractivity contribution in [2.75, 3.05) is 11.9 Å². The molecule has 2 amide bonds. The number of carbonyl (C=O) groups is 2. The van der Waals surface area contributed by atoms with Crippen molar-refractivity contribution in [3.8, 4) is 0 Å². The molecule has 1 N–H and O–H groups in total. The van der Waals surface area contributed by atoms with Crippen molar-refractivity contribution in [1.82, 2.24) is 9.88 Å². The highest BCUT2D eigenvalue weighted by atomic mass is 32.2. The van der Waals surface area contributed by atoms with Crippen molar-refractivity contribution >= 4 is 63.2 Å². The van der Waals surface area contributed by atoms with Crippen molar-refractivity contribution in [3.05, 3.63) is 51.8 Å². The lowest BCUT2D eigenvalue weighted by molar-refractivity contribution is -0.126. The molecule has 3 rings (SSSR count). The van der Waals surface area contributed by atoms with E-state index in [4.69, 9.17) is 12.2 Å². The number of anilines is 1. The minimum atomic E-state index is -0.313. The zero-order valence-corrected chi connectivity index (χ0v) is 14.2. The Balaban J connectivity index is 1.67. The van der Waals surface area contributed by atoms with E-state index in [0.29, 0.717) is 14.9 Å². The summed E-state index contributed by atoms with van der Waals surface area (Å²) in [5.41, 5.74) is 0.581. The predicted molar refractivity (Wildman–Crippen MR) is 97.1 cm³/mol. The lowest BCUT2D eigenvalue weighted by Gasteiger charge is -2.13. The van der Waals surface area contributed by atoms with Gasteiger partial charge < -0.3 is 5.32 Å². The van der Waals surface area contributed by atoms with E-state index in [1.165, 1.54) is 28.0 Å². The Labute approximate surface area is 146 Å². The molecule has 3 heterocycles. The number of nitrogens with zero attached hydrogens (tertiary/aromatic N) is 2. The maximum Gasteiger partial charge on any atom is 0.266 e. The summed E-state index contributed by atoms with van der Waals surface area (Å²) in [5, 5.41) is 4.63. The molecule has 0 aliphatic carbocycles. The largest absolute Gasteiger partial charge is 0.323 e. The van der Waals surface area contributed by atoms with Crippen LogP contribution in [0.3, 0.4) is 0 Å². The Kier molecular flexibility index (Phi) is 4.85. The fraction of sp³-hybridized carbons (Fsp3) is 0.0667. The lowest BCUT2D eigenvalue weighted by Crippen LogP contribution is -2.36. The van der Waals surface area contributed by atoms with Gasteiger partial charge in [0, 0.05) is 11.1 Å². The van der Waals surface area contributed by atoms with E-state index in [2.05, 4.69) is 10.3 Å². The van der Waals surface area contributed by atoms with E-state index in [1.54, 1.807) is 30.6 Å². The normalized spacial score (nSPS) is 16.2. The van der Waals surface area contributed by atoms with Crippen LogP contribution in [0.4, 0.5) is 5.69 Å². The Bertz CT molecular complexity index is 773. The predicted octanol–water partition coefficient (Wildman–Crippen LogP) is 2.98. The molecule has 1 aliphatic heterocycles. The molecule has 2 aromatic heterocycles. The lowest BCUT2D eigenvalue weighted by atomic mass is 10.3. The summed E-state index contributed by atoms with van der Waals surface area (Å²) in [6.07, 6.45) is 4.95. The van der Waals surface area contributed by atoms with E-state index >= 15 is 0 Å². The average molecular weight is 361 g/mol. The topological polar surface area (TPSA) is 62.3 Å². The van der Waals surface area contributed by atoms with Gasteiger partial charge in [-0.2, -0.15) is 0 Å². The maximum atomic E-state index is 12.4. The molecule has 0 radical (unpaired) electrons. The summed E-state index contributed by atoms with van der Waals surface area (Å²) < 4.78 is 0.388. The number of thiophene rings is 1. The van der Waals surface area contributed by atoms with E-state index < -0.39 is 0 Å². The number of carbonyl (C=O) groups excluding carboxylic acids is 2. The molecule has 1 saturated heterocycles. The third kappa shape index (κ3) is 3.84. The molecule has 1 fully saturated rings. The number of amides is 2. The van der Waals surface area contributed by atoms with Crippen LogP contribution in [0.15, 0.2) is 46.9 Å². The highest BCUT2D eigenvalue weighted by Crippen LogP contribution is 2.33. The van der Waals surface area contributed by atoms with Crippen LogP contribution in [0.2, 0.25) is 0 Å². The van der Waals surface area contributed by atoms with Crippen LogP contribution in [0.25, 0.3) is 6.08 Å². The Hall–Kier alpha value is -2.03. The van der Waals surface area contributed by atoms with E-state index in [0.717, 1.165) is 4.88 Å². The van der Waals surface area contributed by atoms with Crippen LogP contribution >= 0.6 is 35.3 Å². The SMILES string of the molecule is O=C(CN1C(=O)/C(=C/c2cccs2)SC1=S)Nc1cccnc1. The van der Waals surface area contributed by atoms with Crippen LogP contribution in [0.5, 0.6) is 0 Å². The second-order valence-electron chi connectivity index (χ2n) is 4.57. The zero-order valence-electron chi connectivity index (χ0n) is 11.8. The van der Waals surface area contributed by atoms with Gasteiger partial charge in [-0.05, 0) is 29.7 Å². The number of aromatic nitrogens is 1. The number of thiocarbonyl (C=S) groups is 1. The molecule has 5 nitrogen and oxygen atoms in total. The first kappa shape index (κ1) is 15.9. The Morgan fingerprint density at radius 2 is 2.26 bits per heavy atom. The first-order chi connectivity index (χ1) is 11.1. The number of hydrogen-bond acceptors (Lipinski definition) is 6. The monoisotopic (exact) mass is 361 g/mol. The fourth-order valence-corrected chi connectivity index (χ4v) is 3.90. The van der Waals surface area contributed by atoms with Crippen molar-refractivity contribution in [1.29, 1.82) is 0 Å². The highest BCUT2D eigenvalue weighted by Gasteiger charge is 2.33. The fourth-order valence-electron chi connectivity index (χ4n) is 1.92. The molecule has 8 heteroatoms. The number of nitrogens with one attached hydrogen (secondary N) is 1. The molecule has 0 bridgehead atoms. The van der Waals surface area contributed by atoms with Gasteiger partial charge >= 0.3 is 0 Å². The van der Waals surface area contributed by atoms with E-state index in [-0.39, 0.29) is 18.4 Å². The number of thioether (sulfide) groups is 1. The highest BCUT2D eigenvalue weighted by molar-refractivity contribution is 8.26. The van der Waals surface area contributed by atoms with E-state index in [9.17, 15) is 9.59 Å². The smallest absolute Gasteiger partial charge is 0.266 e. The van der Waals surface area contributed by atoms with Gasteiger partial charge in [-0.3, -0.25) is 19.5 Å². The second-order valence-corrected chi connectivity index (χ2v) is 7.23. The molecule has 23 heavy (non-hydrogen) atoms. The van der Waals surface area contributed by atoms with Gasteiger partial charge in [0.1, 0.15) is 10.9 Å². The molecule has 116 valence electrons. The van der Waals surface area contributed by atoms with Gasteiger partial charge in [0.25, 0.3) is 5.91 Å². The minimum Gasteiger partial charge on any atom is -0.323 e. The first-order valence-corrected chi connectivity index (χ1v) is 8.72. The van der Waals surface area contributed by atoms with Gasteiger partial charge in [0.05, 0.1) is 16.8 Å². The summed E-state index contributed by atoms with van der Waals surface area (Å²) in [5.74, 6) is -0.554. The number of pyridine rings is 1. The molecule has 0 aromatic carbocycles. The average Bonchev–Trinajstić information content (AvgIpc) is 3.13. The maximum absolute atomic E-state index is 12.4. The summed E-state index contributed by atoms with van der Waals surface area (Å²) in [7, 11) is 0. The van der Waals surface area contributed by atoms with Crippen LogP contribution in [0, 0.1) is 0 Å². The van der Waals surface area contributed by atoms with Gasteiger partial charge in [0.15, 0.2) is 0 Å². The number of rotatable bonds is 4. The Morgan fingerprint density at radius 3 is 2.96 bits per heavy atom.